The Hall–Kier alpha value is -3.22. The summed E-state index contributed by atoms with van der Waals surface area (Å²) in [6, 6.07) is 5.48. The zero-order valence-corrected chi connectivity index (χ0v) is 23.0. The lowest BCUT2D eigenvalue weighted by molar-refractivity contribution is -0.151. The number of fused-ring (bicyclic) bond motifs is 1. The van der Waals surface area contributed by atoms with Gasteiger partial charge in [0, 0.05) is 23.7 Å². The first-order chi connectivity index (χ1) is 18.6. The van der Waals surface area contributed by atoms with E-state index in [1.165, 1.54) is 36.0 Å². The predicted octanol–water partition coefficient (Wildman–Crippen LogP) is 4.34. The fourth-order valence-corrected chi connectivity index (χ4v) is 5.40. The van der Waals surface area contributed by atoms with Gasteiger partial charge >= 0.3 is 19.9 Å². The number of esters is 1. The van der Waals surface area contributed by atoms with Gasteiger partial charge in [-0.15, -0.1) is 0 Å². The molecule has 0 saturated heterocycles. The minimum Gasteiger partial charge on any atom is -0.427 e. The Morgan fingerprint density at radius 1 is 1.10 bits per heavy atom. The summed E-state index contributed by atoms with van der Waals surface area (Å²) < 4.78 is 30.4. The lowest BCUT2D eigenvalue weighted by Gasteiger charge is -2.11. The van der Waals surface area contributed by atoms with E-state index < -0.39 is 26.7 Å². The largest absolute Gasteiger partial charge is 0.524 e. The summed E-state index contributed by atoms with van der Waals surface area (Å²) in [5.74, 6) is -0.143. The molecule has 0 radical (unpaired) electrons. The third kappa shape index (κ3) is 8.38. The van der Waals surface area contributed by atoms with Crippen LogP contribution in [0.25, 0.3) is 0 Å². The Labute approximate surface area is 232 Å². The monoisotopic (exact) mass is 595 g/mol. The number of hydrogen-bond acceptors (Lipinski definition) is 11. The van der Waals surface area contributed by atoms with Gasteiger partial charge in [-0.3, -0.25) is 19.6 Å². The predicted molar refractivity (Wildman–Crippen MR) is 138 cm³/mol. The minimum atomic E-state index is -4.68. The molecule has 0 fully saturated rings. The number of benzene rings is 1. The summed E-state index contributed by atoms with van der Waals surface area (Å²) in [6.07, 6.45) is 4.29. The molecule has 0 spiro atoms. The third-order valence-corrected chi connectivity index (χ3v) is 7.16. The first-order valence-corrected chi connectivity index (χ1v) is 14.4. The Morgan fingerprint density at radius 3 is 2.59 bits per heavy atom. The van der Waals surface area contributed by atoms with Crippen molar-refractivity contribution < 1.29 is 42.7 Å². The topological polar surface area (TPSA) is 167 Å². The number of ether oxygens (including phenoxy) is 3. The molecular formula is C24H23ClN3O9PS. The average molecular weight is 596 g/mol. The van der Waals surface area contributed by atoms with E-state index in [2.05, 4.69) is 19.5 Å². The quantitative estimate of drug-likeness (QED) is 0.112. The molecule has 3 aromatic rings. The second-order valence-electron chi connectivity index (χ2n) is 8.33. The van der Waals surface area contributed by atoms with Crippen molar-refractivity contribution in [2.75, 3.05) is 6.79 Å². The van der Waals surface area contributed by atoms with Gasteiger partial charge in [-0.1, -0.05) is 35.5 Å². The van der Waals surface area contributed by atoms with Crippen LogP contribution in [-0.4, -0.2) is 43.7 Å². The molecule has 0 bridgehead atoms. The third-order valence-electron chi connectivity index (χ3n) is 5.51. The number of carbonyl (C=O) groups excluding carboxylic acids is 2. The van der Waals surface area contributed by atoms with Gasteiger partial charge in [0.1, 0.15) is 5.75 Å². The molecule has 12 nitrogen and oxygen atoms in total. The number of aromatic nitrogens is 3. The van der Waals surface area contributed by atoms with E-state index >= 15 is 0 Å². The molecule has 1 aromatic carbocycles. The van der Waals surface area contributed by atoms with Crippen LogP contribution < -0.4 is 9.26 Å². The van der Waals surface area contributed by atoms with Crippen LogP contribution in [0, 0.1) is 6.92 Å². The van der Waals surface area contributed by atoms with Crippen LogP contribution in [0.15, 0.2) is 41.8 Å². The molecule has 15 heteroatoms. The SMILES string of the molecule is Cc1cncc(Cl)c1CSc1nc2c(c(OC(=O)OCOC(=O)Cc3ccc(OP(=O)(O)O)cc3)n1)CCC2. The van der Waals surface area contributed by atoms with Crippen molar-refractivity contribution in [1.29, 1.82) is 0 Å². The Kier molecular flexibility index (Phi) is 9.41. The standard InChI is InChI=1S/C24H23ClN3O9PS/c1-14-10-26-11-19(25)18(14)12-39-23-27-20-4-2-3-17(20)22(28-23)36-24(30)35-13-34-21(29)9-15-5-7-16(8-6-15)37-38(31,32)33/h5-8,10-11H,2-4,9,12-13H2,1H3,(H2,31,32,33). The van der Waals surface area contributed by atoms with Crippen LogP contribution in [0.3, 0.4) is 0 Å². The summed E-state index contributed by atoms with van der Waals surface area (Å²) in [7, 11) is -4.68. The maximum atomic E-state index is 12.3. The van der Waals surface area contributed by atoms with Crippen LogP contribution in [0.4, 0.5) is 4.79 Å². The molecule has 0 atom stereocenters. The number of aryl methyl sites for hydroxylation is 2. The molecule has 0 unspecified atom stereocenters. The van der Waals surface area contributed by atoms with Gasteiger partial charge in [-0.05, 0) is 55.0 Å². The van der Waals surface area contributed by atoms with Crippen LogP contribution >= 0.6 is 31.2 Å². The van der Waals surface area contributed by atoms with Crippen LogP contribution in [0.1, 0.15) is 34.4 Å². The molecule has 2 N–H and O–H groups in total. The van der Waals surface area contributed by atoms with Gasteiger partial charge in [0.2, 0.25) is 12.7 Å². The van der Waals surface area contributed by atoms with E-state index in [0.717, 1.165) is 35.2 Å². The Balaban J connectivity index is 1.29. The summed E-state index contributed by atoms with van der Waals surface area (Å²) >= 11 is 7.62. The number of pyridine rings is 1. The summed E-state index contributed by atoms with van der Waals surface area (Å²) in [6.45, 7) is 1.24. The van der Waals surface area contributed by atoms with Crippen molar-refractivity contribution in [2.45, 2.75) is 43.5 Å². The number of rotatable bonds is 10. The summed E-state index contributed by atoms with van der Waals surface area (Å²) in [5, 5.41) is 0.971. The number of thioether (sulfide) groups is 1. The highest BCUT2D eigenvalue weighted by atomic mass is 35.5. The normalized spacial score (nSPS) is 12.5. The van der Waals surface area contributed by atoms with Crippen molar-refractivity contribution in [3.63, 3.8) is 0 Å². The molecule has 1 aliphatic rings. The molecule has 0 saturated carbocycles. The number of phosphoric ester groups is 1. The lowest BCUT2D eigenvalue weighted by Crippen LogP contribution is -2.18. The Morgan fingerprint density at radius 2 is 1.87 bits per heavy atom. The van der Waals surface area contributed by atoms with E-state index in [1.54, 1.807) is 12.4 Å². The van der Waals surface area contributed by atoms with Crippen molar-refractivity contribution >= 4 is 43.3 Å². The van der Waals surface area contributed by atoms with Gasteiger partial charge in [-0.2, -0.15) is 4.98 Å². The van der Waals surface area contributed by atoms with Gasteiger partial charge in [-0.25, -0.2) is 14.3 Å². The highest BCUT2D eigenvalue weighted by Crippen LogP contribution is 2.37. The highest BCUT2D eigenvalue weighted by molar-refractivity contribution is 7.98. The number of halogens is 1. The average Bonchev–Trinajstić information content (AvgIpc) is 3.33. The fraction of sp³-hybridized carbons (Fsp3) is 0.292. The molecule has 206 valence electrons. The summed E-state index contributed by atoms with van der Waals surface area (Å²) in [5.41, 5.74) is 3.88. The second-order valence-corrected chi connectivity index (χ2v) is 10.8. The van der Waals surface area contributed by atoms with Crippen LogP contribution in [0.5, 0.6) is 11.6 Å². The lowest BCUT2D eigenvalue weighted by atomic mass is 10.1. The van der Waals surface area contributed by atoms with Crippen LogP contribution in [0.2, 0.25) is 5.02 Å². The molecule has 39 heavy (non-hydrogen) atoms. The first kappa shape index (κ1) is 28.8. The zero-order chi connectivity index (χ0) is 28.0. The smallest absolute Gasteiger partial charge is 0.427 e. The molecular weight excluding hydrogens is 573 g/mol. The van der Waals surface area contributed by atoms with Crippen molar-refractivity contribution in [1.82, 2.24) is 15.0 Å². The molecule has 4 rings (SSSR count). The van der Waals surface area contributed by atoms with E-state index in [9.17, 15) is 14.2 Å². The minimum absolute atomic E-state index is 0.0550. The molecule has 0 aliphatic heterocycles. The molecule has 1 aliphatic carbocycles. The fourth-order valence-electron chi connectivity index (χ4n) is 3.68. The van der Waals surface area contributed by atoms with E-state index in [4.69, 9.17) is 35.6 Å². The maximum Gasteiger partial charge on any atom is 0.524 e. The number of nitrogens with zero attached hydrogens (tertiary/aromatic N) is 3. The molecule has 2 aromatic heterocycles. The van der Waals surface area contributed by atoms with Gasteiger partial charge in [0.25, 0.3) is 0 Å². The van der Waals surface area contributed by atoms with Crippen molar-refractivity contribution in [3.8, 4) is 11.6 Å². The number of carbonyl (C=O) groups is 2. The van der Waals surface area contributed by atoms with Crippen LogP contribution in [-0.2, 0) is 43.8 Å². The highest BCUT2D eigenvalue weighted by Gasteiger charge is 2.23. The summed E-state index contributed by atoms with van der Waals surface area (Å²) in [4.78, 5) is 55.0. The second kappa shape index (κ2) is 12.8. The molecule has 2 heterocycles. The molecule has 0 amide bonds. The first-order valence-electron chi connectivity index (χ1n) is 11.5. The van der Waals surface area contributed by atoms with Gasteiger partial charge < -0.3 is 18.7 Å². The maximum absolute atomic E-state index is 12.3. The van der Waals surface area contributed by atoms with Crippen molar-refractivity contribution in [2.24, 2.45) is 0 Å². The van der Waals surface area contributed by atoms with E-state index in [0.29, 0.717) is 27.9 Å². The number of hydrogen-bond donors (Lipinski definition) is 2. The van der Waals surface area contributed by atoms with Gasteiger partial charge in [0.05, 0.1) is 17.1 Å². The van der Waals surface area contributed by atoms with Crippen molar-refractivity contribution in [3.05, 3.63) is 69.6 Å². The van der Waals surface area contributed by atoms with Gasteiger partial charge in [0.15, 0.2) is 5.16 Å². The van der Waals surface area contributed by atoms with E-state index in [1.807, 2.05) is 6.92 Å². The Bertz CT molecular complexity index is 1400. The zero-order valence-electron chi connectivity index (χ0n) is 20.5. The van der Waals surface area contributed by atoms with E-state index in [-0.39, 0.29) is 18.1 Å². The number of phosphoric acid groups is 1.